The van der Waals surface area contributed by atoms with Crippen molar-refractivity contribution in [2.24, 2.45) is 11.8 Å². The first-order valence-corrected chi connectivity index (χ1v) is 7.00. The summed E-state index contributed by atoms with van der Waals surface area (Å²) >= 11 is 6.10. The van der Waals surface area contributed by atoms with Crippen LogP contribution in [0.15, 0.2) is 6.20 Å². The van der Waals surface area contributed by atoms with Crippen LogP contribution >= 0.6 is 11.6 Å². The fourth-order valence-electron chi connectivity index (χ4n) is 2.79. The third-order valence-corrected chi connectivity index (χ3v) is 4.04. The van der Waals surface area contributed by atoms with Gasteiger partial charge in [-0.2, -0.15) is 4.98 Å². The van der Waals surface area contributed by atoms with Crippen molar-refractivity contribution < 1.29 is 0 Å². The summed E-state index contributed by atoms with van der Waals surface area (Å²) in [4.78, 5) is 8.07. The molecule has 1 fully saturated rings. The highest BCUT2D eigenvalue weighted by Crippen LogP contribution is 2.33. The summed E-state index contributed by atoms with van der Waals surface area (Å²) in [7, 11) is 0. The van der Waals surface area contributed by atoms with Crippen molar-refractivity contribution in [3.63, 3.8) is 0 Å². The molecule has 0 aliphatic heterocycles. The standard InChI is InChI=1S/C13H21ClN4/c1-8(2)9-5-3-4-6-11(9)17-12-10(14)7-16-13(15)18-12/h7-9,11H,3-6H2,1-2H3,(H3,15,16,17,18). The Bertz CT molecular complexity index is 408. The zero-order chi connectivity index (χ0) is 13.1. The Balaban J connectivity index is 2.13. The molecule has 4 nitrogen and oxygen atoms in total. The SMILES string of the molecule is CC(C)C1CCCCC1Nc1nc(N)ncc1Cl. The van der Waals surface area contributed by atoms with Crippen molar-refractivity contribution in [3.05, 3.63) is 11.2 Å². The summed E-state index contributed by atoms with van der Waals surface area (Å²) in [5.74, 6) is 2.27. The second kappa shape index (κ2) is 5.74. The van der Waals surface area contributed by atoms with Gasteiger partial charge in [0.05, 0.1) is 6.20 Å². The number of hydrogen-bond donors (Lipinski definition) is 2. The average Bonchev–Trinajstić information content (AvgIpc) is 2.34. The van der Waals surface area contributed by atoms with Gasteiger partial charge in [-0.1, -0.05) is 38.3 Å². The molecule has 0 radical (unpaired) electrons. The van der Waals surface area contributed by atoms with Gasteiger partial charge in [-0.05, 0) is 24.7 Å². The molecular weight excluding hydrogens is 248 g/mol. The Hall–Kier alpha value is -1.03. The third kappa shape index (κ3) is 3.05. The van der Waals surface area contributed by atoms with Crippen molar-refractivity contribution in [2.45, 2.75) is 45.6 Å². The fourth-order valence-corrected chi connectivity index (χ4v) is 2.94. The van der Waals surface area contributed by atoms with Crippen LogP contribution < -0.4 is 11.1 Å². The van der Waals surface area contributed by atoms with Crippen LogP contribution in [0.25, 0.3) is 0 Å². The van der Waals surface area contributed by atoms with Crippen LogP contribution in [0.4, 0.5) is 11.8 Å². The second-order valence-electron chi connectivity index (χ2n) is 5.37. The van der Waals surface area contributed by atoms with Crippen molar-refractivity contribution in [2.75, 3.05) is 11.1 Å². The zero-order valence-corrected chi connectivity index (χ0v) is 11.7. The number of hydrogen-bond acceptors (Lipinski definition) is 4. The molecule has 0 saturated heterocycles. The first-order valence-electron chi connectivity index (χ1n) is 6.62. The van der Waals surface area contributed by atoms with E-state index in [1.807, 2.05) is 0 Å². The molecule has 1 aliphatic rings. The van der Waals surface area contributed by atoms with Gasteiger partial charge in [-0.25, -0.2) is 4.98 Å². The predicted molar refractivity (Wildman–Crippen MR) is 75.7 cm³/mol. The zero-order valence-electron chi connectivity index (χ0n) is 11.0. The van der Waals surface area contributed by atoms with Gasteiger partial charge in [-0.15, -0.1) is 0 Å². The number of nitrogen functional groups attached to an aromatic ring is 1. The molecular formula is C13H21ClN4. The fraction of sp³-hybridized carbons (Fsp3) is 0.692. The highest BCUT2D eigenvalue weighted by molar-refractivity contribution is 6.32. The van der Waals surface area contributed by atoms with E-state index in [0.29, 0.717) is 28.7 Å². The molecule has 2 atom stereocenters. The van der Waals surface area contributed by atoms with Gasteiger partial charge in [-0.3, -0.25) is 0 Å². The number of nitrogens with zero attached hydrogens (tertiary/aromatic N) is 2. The van der Waals surface area contributed by atoms with Crippen molar-refractivity contribution >= 4 is 23.4 Å². The van der Waals surface area contributed by atoms with Gasteiger partial charge in [0.25, 0.3) is 0 Å². The molecule has 5 heteroatoms. The highest BCUT2D eigenvalue weighted by atomic mass is 35.5. The largest absolute Gasteiger partial charge is 0.368 e. The summed E-state index contributed by atoms with van der Waals surface area (Å²) in [5.41, 5.74) is 5.61. The van der Waals surface area contributed by atoms with Gasteiger partial charge in [0.1, 0.15) is 5.02 Å². The van der Waals surface area contributed by atoms with Crippen LogP contribution in [0, 0.1) is 11.8 Å². The quantitative estimate of drug-likeness (QED) is 0.883. The first-order chi connectivity index (χ1) is 8.58. The molecule has 1 aromatic heterocycles. The van der Waals surface area contributed by atoms with Gasteiger partial charge in [0.15, 0.2) is 5.82 Å². The lowest BCUT2D eigenvalue weighted by Gasteiger charge is -2.35. The van der Waals surface area contributed by atoms with Crippen LogP contribution in [0.3, 0.4) is 0 Å². The predicted octanol–water partition coefficient (Wildman–Crippen LogP) is 3.34. The summed E-state index contributed by atoms with van der Waals surface area (Å²) in [6.45, 7) is 4.56. The van der Waals surface area contributed by atoms with Crippen molar-refractivity contribution in [1.29, 1.82) is 0 Å². The van der Waals surface area contributed by atoms with Crippen LogP contribution in [0.5, 0.6) is 0 Å². The lowest BCUT2D eigenvalue weighted by Crippen LogP contribution is -2.35. The number of aromatic nitrogens is 2. The molecule has 1 heterocycles. The lowest BCUT2D eigenvalue weighted by molar-refractivity contribution is 0.253. The molecule has 0 amide bonds. The average molecular weight is 269 g/mol. The normalized spacial score (nSPS) is 24.2. The molecule has 2 unspecified atom stereocenters. The molecule has 100 valence electrons. The van der Waals surface area contributed by atoms with Gasteiger partial charge < -0.3 is 11.1 Å². The number of nitrogens with one attached hydrogen (secondary N) is 1. The molecule has 18 heavy (non-hydrogen) atoms. The third-order valence-electron chi connectivity index (χ3n) is 3.76. The van der Waals surface area contributed by atoms with Crippen LogP contribution in [-0.2, 0) is 0 Å². The molecule has 3 N–H and O–H groups in total. The minimum atomic E-state index is 0.263. The Kier molecular flexibility index (Phi) is 4.27. The van der Waals surface area contributed by atoms with E-state index in [1.165, 1.54) is 25.7 Å². The summed E-state index contributed by atoms with van der Waals surface area (Å²) in [6.07, 6.45) is 6.58. The molecule has 0 spiro atoms. The topological polar surface area (TPSA) is 63.8 Å². The molecule has 0 bridgehead atoms. The summed E-state index contributed by atoms with van der Waals surface area (Å²) in [5, 5.41) is 4.00. The smallest absolute Gasteiger partial charge is 0.222 e. The molecule has 2 rings (SSSR count). The lowest BCUT2D eigenvalue weighted by atomic mass is 9.78. The Morgan fingerprint density at radius 2 is 2.11 bits per heavy atom. The van der Waals surface area contributed by atoms with E-state index in [-0.39, 0.29) is 5.95 Å². The Morgan fingerprint density at radius 3 is 2.83 bits per heavy atom. The minimum absolute atomic E-state index is 0.263. The van der Waals surface area contributed by atoms with Crippen molar-refractivity contribution in [3.8, 4) is 0 Å². The van der Waals surface area contributed by atoms with E-state index in [2.05, 4.69) is 29.1 Å². The molecule has 1 aliphatic carbocycles. The van der Waals surface area contributed by atoms with E-state index < -0.39 is 0 Å². The monoisotopic (exact) mass is 268 g/mol. The van der Waals surface area contributed by atoms with E-state index in [1.54, 1.807) is 6.20 Å². The summed E-state index contributed by atoms with van der Waals surface area (Å²) < 4.78 is 0. The maximum atomic E-state index is 6.10. The van der Waals surface area contributed by atoms with Gasteiger partial charge >= 0.3 is 0 Å². The minimum Gasteiger partial charge on any atom is -0.368 e. The summed E-state index contributed by atoms with van der Waals surface area (Å²) in [6, 6.07) is 0.436. The van der Waals surface area contributed by atoms with Gasteiger partial charge in [0, 0.05) is 6.04 Å². The number of anilines is 2. The van der Waals surface area contributed by atoms with E-state index in [0.717, 1.165) is 0 Å². The second-order valence-corrected chi connectivity index (χ2v) is 5.78. The first kappa shape index (κ1) is 13.4. The number of rotatable bonds is 3. The highest BCUT2D eigenvalue weighted by Gasteiger charge is 2.28. The number of halogens is 1. The van der Waals surface area contributed by atoms with E-state index in [9.17, 15) is 0 Å². The maximum Gasteiger partial charge on any atom is 0.222 e. The van der Waals surface area contributed by atoms with Crippen LogP contribution in [0.1, 0.15) is 39.5 Å². The Labute approximate surface area is 113 Å². The van der Waals surface area contributed by atoms with Crippen LogP contribution in [0.2, 0.25) is 5.02 Å². The maximum absolute atomic E-state index is 6.10. The van der Waals surface area contributed by atoms with Crippen molar-refractivity contribution in [1.82, 2.24) is 9.97 Å². The molecule has 0 aromatic carbocycles. The number of nitrogens with two attached hydrogens (primary N) is 1. The molecule has 1 saturated carbocycles. The van der Waals surface area contributed by atoms with Crippen LogP contribution in [-0.4, -0.2) is 16.0 Å². The Morgan fingerprint density at radius 1 is 1.39 bits per heavy atom. The molecule has 1 aromatic rings. The van der Waals surface area contributed by atoms with Gasteiger partial charge in [0.2, 0.25) is 5.95 Å². The van der Waals surface area contributed by atoms with E-state index >= 15 is 0 Å². The van der Waals surface area contributed by atoms with E-state index in [4.69, 9.17) is 17.3 Å².